The second kappa shape index (κ2) is 8.44. The molecule has 0 aliphatic rings. The number of hydrogen-bond acceptors (Lipinski definition) is 3. The zero-order valence-electron chi connectivity index (χ0n) is 9.48. The van der Waals surface area contributed by atoms with Crippen molar-refractivity contribution in [1.29, 1.82) is 0 Å². The molecule has 0 saturated heterocycles. The van der Waals surface area contributed by atoms with Crippen LogP contribution in [-0.4, -0.2) is 36.1 Å². The summed E-state index contributed by atoms with van der Waals surface area (Å²) in [6, 6.07) is 1.95. The largest absolute Gasteiger partial charge is 0.380 e. The Balaban J connectivity index is 1.81. The number of rotatable bonds is 9. The van der Waals surface area contributed by atoms with Gasteiger partial charge in [-0.3, -0.25) is 4.68 Å². The van der Waals surface area contributed by atoms with Gasteiger partial charge in [0.1, 0.15) is 0 Å². The second-order valence-electron chi connectivity index (χ2n) is 3.49. The molecule has 86 valence electrons. The summed E-state index contributed by atoms with van der Waals surface area (Å²) in [6.07, 6.45) is 6.01. The quantitative estimate of drug-likeness (QED) is 0.626. The van der Waals surface area contributed by atoms with E-state index in [4.69, 9.17) is 4.74 Å². The third kappa shape index (κ3) is 6.25. The van der Waals surface area contributed by atoms with Gasteiger partial charge in [-0.15, -0.1) is 0 Å². The molecule has 4 heteroatoms. The van der Waals surface area contributed by atoms with Gasteiger partial charge in [-0.2, -0.15) is 5.10 Å². The molecule has 0 amide bonds. The van der Waals surface area contributed by atoms with Gasteiger partial charge < -0.3 is 10.1 Å². The van der Waals surface area contributed by atoms with Crippen LogP contribution in [0, 0.1) is 0 Å². The van der Waals surface area contributed by atoms with Crippen molar-refractivity contribution in [3.63, 3.8) is 0 Å². The van der Waals surface area contributed by atoms with Gasteiger partial charge in [0.2, 0.25) is 0 Å². The van der Waals surface area contributed by atoms with Crippen molar-refractivity contribution in [2.45, 2.75) is 26.3 Å². The minimum Gasteiger partial charge on any atom is -0.380 e. The zero-order valence-corrected chi connectivity index (χ0v) is 9.48. The van der Waals surface area contributed by atoms with Crippen LogP contribution in [0.2, 0.25) is 0 Å². The predicted octanol–water partition coefficient (Wildman–Crippen LogP) is 1.29. The van der Waals surface area contributed by atoms with E-state index in [-0.39, 0.29) is 0 Å². The molecule has 0 unspecified atom stereocenters. The molecule has 0 aromatic carbocycles. The topological polar surface area (TPSA) is 39.1 Å². The third-order valence-electron chi connectivity index (χ3n) is 2.07. The molecule has 4 nitrogen and oxygen atoms in total. The fourth-order valence-corrected chi connectivity index (χ4v) is 1.31. The Hall–Kier alpha value is -0.870. The van der Waals surface area contributed by atoms with E-state index in [1.165, 1.54) is 0 Å². The van der Waals surface area contributed by atoms with Crippen molar-refractivity contribution in [1.82, 2.24) is 15.1 Å². The number of ether oxygens (including phenoxy) is 1. The average Bonchev–Trinajstić information content (AvgIpc) is 2.75. The first-order valence-electron chi connectivity index (χ1n) is 5.69. The maximum absolute atomic E-state index is 5.36. The lowest BCUT2D eigenvalue weighted by molar-refractivity contribution is 0.136. The standard InChI is InChI=1S/C11H21N3O/c1-2-10-15-11-7-12-5-3-8-14-9-4-6-13-14/h4,6,9,12H,2-3,5,7-8,10-11H2,1H3. The Morgan fingerprint density at radius 3 is 3.00 bits per heavy atom. The van der Waals surface area contributed by atoms with E-state index < -0.39 is 0 Å². The highest BCUT2D eigenvalue weighted by Gasteiger charge is 1.91. The lowest BCUT2D eigenvalue weighted by Gasteiger charge is -2.05. The van der Waals surface area contributed by atoms with Crippen LogP contribution < -0.4 is 5.32 Å². The number of aryl methyl sites for hydroxylation is 1. The predicted molar refractivity (Wildman–Crippen MR) is 60.8 cm³/mol. The Bertz CT molecular complexity index is 224. The molecule has 0 spiro atoms. The molecule has 0 bridgehead atoms. The first-order chi connectivity index (χ1) is 7.43. The van der Waals surface area contributed by atoms with Gasteiger partial charge in [0.25, 0.3) is 0 Å². The van der Waals surface area contributed by atoms with Crippen molar-refractivity contribution < 1.29 is 4.74 Å². The van der Waals surface area contributed by atoms with Gasteiger partial charge in [-0.25, -0.2) is 0 Å². The molecule has 0 aliphatic carbocycles. The Labute approximate surface area is 91.6 Å². The Morgan fingerprint density at radius 1 is 1.33 bits per heavy atom. The van der Waals surface area contributed by atoms with Gasteiger partial charge in [0, 0.05) is 32.1 Å². The average molecular weight is 211 g/mol. The highest BCUT2D eigenvalue weighted by atomic mass is 16.5. The summed E-state index contributed by atoms with van der Waals surface area (Å²) in [5.41, 5.74) is 0. The first kappa shape index (κ1) is 12.2. The minimum absolute atomic E-state index is 0.815. The van der Waals surface area contributed by atoms with Crippen LogP contribution >= 0.6 is 0 Å². The van der Waals surface area contributed by atoms with Crippen molar-refractivity contribution >= 4 is 0 Å². The summed E-state index contributed by atoms with van der Waals surface area (Å²) >= 11 is 0. The zero-order chi connectivity index (χ0) is 10.8. The van der Waals surface area contributed by atoms with Crippen LogP contribution in [0.4, 0.5) is 0 Å². The highest BCUT2D eigenvalue weighted by Crippen LogP contribution is 1.87. The maximum Gasteiger partial charge on any atom is 0.0590 e. The molecule has 0 aliphatic heterocycles. The van der Waals surface area contributed by atoms with E-state index in [1.807, 2.05) is 23.1 Å². The molecule has 0 radical (unpaired) electrons. The van der Waals surface area contributed by atoms with E-state index >= 15 is 0 Å². The van der Waals surface area contributed by atoms with Gasteiger partial charge in [0.15, 0.2) is 0 Å². The Kier molecular flexibility index (Phi) is 6.86. The molecule has 0 atom stereocenters. The summed E-state index contributed by atoms with van der Waals surface area (Å²) in [4.78, 5) is 0. The summed E-state index contributed by atoms with van der Waals surface area (Å²) < 4.78 is 7.31. The molecule has 1 heterocycles. The molecule has 0 fully saturated rings. The van der Waals surface area contributed by atoms with Crippen molar-refractivity contribution in [2.75, 3.05) is 26.3 Å². The fourth-order valence-electron chi connectivity index (χ4n) is 1.31. The van der Waals surface area contributed by atoms with Gasteiger partial charge in [-0.05, 0) is 25.5 Å². The normalized spacial score (nSPS) is 10.7. The fraction of sp³-hybridized carbons (Fsp3) is 0.727. The third-order valence-corrected chi connectivity index (χ3v) is 2.07. The summed E-state index contributed by atoms with van der Waals surface area (Å²) in [5, 5.41) is 7.48. The Morgan fingerprint density at radius 2 is 2.27 bits per heavy atom. The van der Waals surface area contributed by atoms with Crippen molar-refractivity contribution in [3.8, 4) is 0 Å². The van der Waals surface area contributed by atoms with Crippen LogP contribution in [0.3, 0.4) is 0 Å². The van der Waals surface area contributed by atoms with Crippen LogP contribution in [-0.2, 0) is 11.3 Å². The van der Waals surface area contributed by atoms with Gasteiger partial charge in [-0.1, -0.05) is 6.92 Å². The van der Waals surface area contributed by atoms with Gasteiger partial charge >= 0.3 is 0 Å². The first-order valence-corrected chi connectivity index (χ1v) is 5.69. The highest BCUT2D eigenvalue weighted by molar-refractivity contribution is 4.77. The molecule has 1 rings (SSSR count). The summed E-state index contributed by atoms with van der Waals surface area (Å²) in [5.74, 6) is 0. The number of aromatic nitrogens is 2. The minimum atomic E-state index is 0.815. The van der Waals surface area contributed by atoms with E-state index in [2.05, 4.69) is 17.3 Å². The van der Waals surface area contributed by atoms with Crippen LogP contribution in [0.1, 0.15) is 19.8 Å². The SMILES string of the molecule is CCCOCCNCCCn1cccn1. The molecular formula is C11H21N3O. The van der Waals surface area contributed by atoms with E-state index in [0.717, 1.165) is 45.7 Å². The second-order valence-corrected chi connectivity index (χ2v) is 3.49. The number of nitrogens with zero attached hydrogens (tertiary/aromatic N) is 2. The molecule has 1 aromatic rings. The van der Waals surface area contributed by atoms with E-state index in [0.29, 0.717) is 0 Å². The number of hydrogen-bond donors (Lipinski definition) is 1. The van der Waals surface area contributed by atoms with Crippen LogP contribution in [0.25, 0.3) is 0 Å². The van der Waals surface area contributed by atoms with E-state index in [1.54, 1.807) is 0 Å². The monoisotopic (exact) mass is 211 g/mol. The van der Waals surface area contributed by atoms with Crippen molar-refractivity contribution in [3.05, 3.63) is 18.5 Å². The molecule has 1 N–H and O–H groups in total. The molecule has 1 aromatic heterocycles. The lowest BCUT2D eigenvalue weighted by Crippen LogP contribution is -2.22. The van der Waals surface area contributed by atoms with Crippen molar-refractivity contribution in [2.24, 2.45) is 0 Å². The van der Waals surface area contributed by atoms with Crippen LogP contribution in [0.5, 0.6) is 0 Å². The van der Waals surface area contributed by atoms with Gasteiger partial charge in [0.05, 0.1) is 6.61 Å². The molecule has 0 saturated carbocycles. The smallest absolute Gasteiger partial charge is 0.0590 e. The molecular weight excluding hydrogens is 190 g/mol. The summed E-state index contributed by atoms with van der Waals surface area (Å²) in [6.45, 7) is 6.76. The summed E-state index contributed by atoms with van der Waals surface area (Å²) in [7, 11) is 0. The number of nitrogens with one attached hydrogen (secondary N) is 1. The lowest BCUT2D eigenvalue weighted by atomic mass is 10.4. The maximum atomic E-state index is 5.36. The van der Waals surface area contributed by atoms with E-state index in [9.17, 15) is 0 Å². The van der Waals surface area contributed by atoms with Crippen LogP contribution in [0.15, 0.2) is 18.5 Å². The molecule has 15 heavy (non-hydrogen) atoms.